The van der Waals surface area contributed by atoms with E-state index in [-0.39, 0.29) is 0 Å². The number of nitrogens with zero attached hydrogens (tertiary/aromatic N) is 1. The molecule has 1 rings (SSSR count). The van der Waals surface area contributed by atoms with E-state index >= 15 is 0 Å². The first kappa shape index (κ1) is 8.70. The van der Waals surface area contributed by atoms with Gasteiger partial charge in [-0.1, -0.05) is 0 Å². The molecule has 11 heavy (non-hydrogen) atoms. The van der Waals surface area contributed by atoms with Gasteiger partial charge >= 0.3 is 0 Å². The summed E-state index contributed by atoms with van der Waals surface area (Å²) in [6.07, 6.45) is 1.66. The Morgan fingerprint density at radius 1 is 1.73 bits per heavy atom. The van der Waals surface area contributed by atoms with Crippen molar-refractivity contribution in [3.05, 3.63) is 16.4 Å². The third kappa shape index (κ3) is 1.61. The lowest BCUT2D eigenvalue weighted by Crippen LogP contribution is -2.26. The SMILES string of the molecule is CC(C)(ON)c1[nH]ncc1Br. The van der Waals surface area contributed by atoms with Crippen molar-refractivity contribution in [2.75, 3.05) is 0 Å². The monoisotopic (exact) mass is 219 g/mol. The summed E-state index contributed by atoms with van der Waals surface area (Å²) in [5.74, 6) is 5.10. The second kappa shape index (κ2) is 2.92. The molecule has 0 atom stereocenters. The third-order valence-corrected chi connectivity index (χ3v) is 2.09. The molecule has 1 aromatic heterocycles. The van der Waals surface area contributed by atoms with Gasteiger partial charge in [-0.2, -0.15) is 5.10 Å². The van der Waals surface area contributed by atoms with Crippen LogP contribution in [0, 0.1) is 0 Å². The van der Waals surface area contributed by atoms with Gasteiger partial charge in [-0.15, -0.1) is 0 Å². The lowest BCUT2D eigenvalue weighted by molar-refractivity contribution is -0.0273. The lowest BCUT2D eigenvalue weighted by atomic mass is 10.1. The van der Waals surface area contributed by atoms with Crippen LogP contribution in [0.25, 0.3) is 0 Å². The van der Waals surface area contributed by atoms with Gasteiger partial charge in [0.05, 0.1) is 16.4 Å². The van der Waals surface area contributed by atoms with E-state index in [1.165, 1.54) is 0 Å². The minimum absolute atomic E-state index is 0.532. The lowest BCUT2D eigenvalue weighted by Gasteiger charge is -2.19. The normalized spacial score (nSPS) is 12.0. The van der Waals surface area contributed by atoms with Gasteiger partial charge in [0.1, 0.15) is 5.60 Å². The summed E-state index contributed by atoms with van der Waals surface area (Å²) in [5.41, 5.74) is 0.301. The zero-order chi connectivity index (χ0) is 8.48. The first-order valence-corrected chi connectivity index (χ1v) is 3.94. The number of hydrogen-bond acceptors (Lipinski definition) is 3. The molecular formula is C6H10BrN3O. The first-order valence-electron chi connectivity index (χ1n) is 3.15. The fraction of sp³-hybridized carbons (Fsp3) is 0.500. The van der Waals surface area contributed by atoms with Crippen LogP contribution in [0.3, 0.4) is 0 Å². The Morgan fingerprint density at radius 3 is 2.73 bits per heavy atom. The van der Waals surface area contributed by atoms with E-state index < -0.39 is 5.60 Å². The maximum atomic E-state index is 5.10. The van der Waals surface area contributed by atoms with Gasteiger partial charge in [0, 0.05) is 0 Å². The average Bonchev–Trinajstić information content (AvgIpc) is 2.36. The van der Waals surface area contributed by atoms with E-state index in [2.05, 4.69) is 26.1 Å². The van der Waals surface area contributed by atoms with Crippen LogP contribution in [-0.4, -0.2) is 10.2 Å². The number of nitrogens with two attached hydrogens (primary N) is 1. The number of aromatic amines is 1. The highest BCUT2D eigenvalue weighted by Gasteiger charge is 2.24. The fourth-order valence-corrected chi connectivity index (χ4v) is 1.42. The van der Waals surface area contributed by atoms with Crippen molar-refractivity contribution in [1.82, 2.24) is 10.2 Å². The predicted molar refractivity (Wildman–Crippen MR) is 44.6 cm³/mol. The molecule has 62 valence electrons. The van der Waals surface area contributed by atoms with Crippen molar-refractivity contribution in [2.24, 2.45) is 5.90 Å². The first-order chi connectivity index (χ1) is 5.08. The molecular weight excluding hydrogens is 210 g/mol. The topological polar surface area (TPSA) is 63.9 Å². The number of rotatable bonds is 2. The van der Waals surface area contributed by atoms with E-state index in [1.54, 1.807) is 6.20 Å². The summed E-state index contributed by atoms with van der Waals surface area (Å²) in [5, 5.41) is 6.62. The number of hydrogen-bond donors (Lipinski definition) is 2. The van der Waals surface area contributed by atoms with Crippen LogP contribution in [0.1, 0.15) is 19.5 Å². The Labute approximate surface area is 73.2 Å². The van der Waals surface area contributed by atoms with Crippen molar-refractivity contribution < 1.29 is 4.84 Å². The van der Waals surface area contributed by atoms with Crippen molar-refractivity contribution in [2.45, 2.75) is 19.4 Å². The third-order valence-electron chi connectivity index (χ3n) is 1.49. The molecule has 0 aromatic carbocycles. The van der Waals surface area contributed by atoms with Gasteiger partial charge < -0.3 is 0 Å². The Balaban J connectivity index is 3.00. The van der Waals surface area contributed by atoms with Crippen LogP contribution < -0.4 is 5.90 Å². The number of H-pyrrole nitrogens is 1. The summed E-state index contributed by atoms with van der Waals surface area (Å²) in [4.78, 5) is 4.76. The molecule has 3 N–H and O–H groups in total. The molecule has 1 aromatic rings. The molecule has 0 radical (unpaired) electrons. The minimum Gasteiger partial charge on any atom is -0.292 e. The molecule has 0 spiro atoms. The van der Waals surface area contributed by atoms with Crippen LogP contribution >= 0.6 is 15.9 Å². The smallest absolute Gasteiger partial charge is 0.126 e. The molecule has 4 nitrogen and oxygen atoms in total. The summed E-state index contributed by atoms with van der Waals surface area (Å²) in [6.45, 7) is 3.70. The molecule has 5 heteroatoms. The number of halogens is 1. The quantitative estimate of drug-likeness (QED) is 0.738. The largest absolute Gasteiger partial charge is 0.292 e. The summed E-state index contributed by atoms with van der Waals surface area (Å²) < 4.78 is 0.868. The Hall–Kier alpha value is -0.390. The predicted octanol–water partition coefficient (Wildman–Crippen LogP) is 1.30. The van der Waals surface area contributed by atoms with Crippen molar-refractivity contribution >= 4 is 15.9 Å². The molecule has 0 aliphatic heterocycles. The standard InChI is InChI=1S/C6H10BrN3O/c1-6(2,11-8)5-4(7)3-9-10-5/h3H,8H2,1-2H3,(H,9,10). The van der Waals surface area contributed by atoms with E-state index in [9.17, 15) is 0 Å². The number of nitrogens with one attached hydrogen (secondary N) is 1. The minimum atomic E-state index is -0.532. The van der Waals surface area contributed by atoms with Gasteiger partial charge in [-0.3, -0.25) is 9.94 Å². The molecule has 0 saturated heterocycles. The molecule has 0 amide bonds. The summed E-state index contributed by atoms with van der Waals surface area (Å²) in [6, 6.07) is 0. The molecule has 0 unspecified atom stereocenters. The molecule has 0 fully saturated rings. The van der Waals surface area contributed by atoms with Crippen molar-refractivity contribution in [3.8, 4) is 0 Å². The van der Waals surface area contributed by atoms with Gasteiger partial charge in [0.25, 0.3) is 0 Å². The van der Waals surface area contributed by atoms with E-state index in [0.29, 0.717) is 0 Å². The van der Waals surface area contributed by atoms with E-state index in [1.807, 2.05) is 13.8 Å². The van der Waals surface area contributed by atoms with Crippen LogP contribution in [0.2, 0.25) is 0 Å². The Kier molecular flexibility index (Phi) is 2.31. The zero-order valence-electron chi connectivity index (χ0n) is 6.39. The van der Waals surface area contributed by atoms with Crippen molar-refractivity contribution in [1.29, 1.82) is 0 Å². The highest BCUT2D eigenvalue weighted by molar-refractivity contribution is 9.10. The van der Waals surface area contributed by atoms with Crippen molar-refractivity contribution in [3.63, 3.8) is 0 Å². The van der Waals surface area contributed by atoms with Gasteiger partial charge in [-0.25, -0.2) is 5.90 Å². The summed E-state index contributed by atoms with van der Waals surface area (Å²) >= 11 is 3.31. The van der Waals surface area contributed by atoms with Gasteiger partial charge in [0.15, 0.2) is 0 Å². The molecule has 0 saturated carbocycles. The number of aromatic nitrogens is 2. The molecule has 1 heterocycles. The Bertz CT molecular complexity index is 246. The second-order valence-electron chi connectivity index (χ2n) is 2.72. The van der Waals surface area contributed by atoms with Gasteiger partial charge in [0.2, 0.25) is 0 Å². The van der Waals surface area contributed by atoms with Gasteiger partial charge in [-0.05, 0) is 29.8 Å². The summed E-state index contributed by atoms with van der Waals surface area (Å²) in [7, 11) is 0. The van der Waals surface area contributed by atoms with Crippen LogP contribution in [0.5, 0.6) is 0 Å². The van der Waals surface area contributed by atoms with Crippen LogP contribution in [-0.2, 0) is 10.4 Å². The van der Waals surface area contributed by atoms with E-state index in [0.717, 1.165) is 10.2 Å². The van der Waals surface area contributed by atoms with E-state index in [4.69, 9.17) is 10.7 Å². The Morgan fingerprint density at radius 2 is 2.36 bits per heavy atom. The molecule has 0 aliphatic rings. The highest BCUT2D eigenvalue weighted by Crippen LogP contribution is 2.27. The van der Waals surface area contributed by atoms with Crippen LogP contribution in [0.15, 0.2) is 10.7 Å². The zero-order valence-corrected chi connectivity index (χ0v) is 7.97. The maximum Gasteiger partial charge on any atom is 0.126 e. The molecule has 0 aliphatic carbocycles. The molecule has 0 bridgehead atoms. The second-order valence-corrected chi connectivity index (χ2v) is 3.58. The average molecular weight is 220 g/mol. The maximum absolute atomic E-state index is 5.10. The highest BCUT2D eigenvalue weighted by atomic mass is 79.9. The fourth-order valence-electron chi connectivity index (χ4n) is 0.753. The van der Waals surface area contributed by atoms with Crippen LogP contribution in [0.4, 0.5) is 0 Å².